The van der Waals surface area contributed by atoms with Crippen LogP contribution in [-0.4, -0.2) is 29.5 Å². The van der Waals surface area contributed by atoms with Gasteiger partial charge in [-0.25, -0.2) is 0 Å². The summed E-state index contributed by atoms with van der Waals surface area (Å²) in [6, 6.07) is 15.7. The number of esters is 1. The molecule has 0 fully saturated rings. The van der Waals surface area contributed by atoms with Crippen molar-refractivity contribution in [2.24, 2.45) is 5.10 Å². The fraction of sp³-hybridized carbons (Fsp3) is 0.176. The van der Waals surface area contributed by atoms with Gasteiger partial charge in [-0.1, -0.05) is 18.2 Å². The number of benzene rings is 2. The number of hydrazone groups is 1. The molecule has 0 aliphatic rings. The van der Waals surface area contributed by atoms with Crippen LogP contribution in [0.4, 0.5) is 11.4 Å². The fourth-order valence-corrected chi connectivity index (χ4v) is 2.70. The lowest BCUT2D eigenvalue weighted by Gasteiger charge is -2.07. The number of anilines is 1. The van der Waals surface area contributed by atoms with Gasteiger partial charge in [0.2, 0.25) is 0 Å². The maximum Gasteiger partial charge on any atom is 0.311 e. The first-order valence-corrected chi connectivity index (χ1v) is 8.37. The molecule has 1 N–H and O–H groups in total. The van der Waals surface area contributed by atoms with Crippen molar-refractivity contribution < 1.29 is 14.5 Å². The lowest BCUT2D eigenvalue weighted by Crippen LogP contribution is -2.13. The number of non-ortho nitro benzene ring substituents is 1. The van der Waals surface area contributed by atoms with Crippen LogP contribution in [0.15, 0.2) is 64.6 Å². The van der Waals surface area contributed by atoms with Crippen LogP contribution >= 0.6 is 11.8 Å². The Labute approximate surface area is 149 Å². The summed E-state index contributed by atoms with van der Waals surface area (Å²) in [5.41, 5.74) is 4.03. The molecule has 0 spiro atoms. The second-order valence-corrected chi connectivity index (χ2v) is 6.00. The van der Waals surface area contributed by atoms with Gasteiger partial charge in [0, 0.05) is 22.8 Å². The molecule has 0 aliphatic carbocycles. The number of carbonyl (C=O) groups is 1. The molecule has 0 radical (unpaired) electrons. The Balaban J connectivity index is 2.03. The number of methoxy groups -OCH3 is 1. The van der Waals surface area contributed by atoms with Gasteiger partial charge in [0.1, 0.15) is 0 Å². The number of ether oxygens (including phenoxy) is 1. The average Bonchev–Trinajstić information content (AvgIpc) is 2.64. The van der Waals surface area contributed by atoms with Crippen LogP contribution in [0.25, 0.3) is 0 Å². The lowest BCUT2D eigenvalue weighted by atomic mass is 10.3. The lowest BCUT2D eigenvalue weighted by molar-refractivity contribution is -0.384. The van der Waals surface area contributed by atoms with Gasteiger partial charge >= 0.3 is 5.97 Å². The molecule has 0 unspecified atom stereocenters. The maximum atomic E-state index is 11.5. The van der Waals surface area contributed by atoms with Crippen molar-refractivity contribution in [1.29, 1.82) is 0 Å². The second kappa shape index (κ2) is 9.43. The molecule has 130 valence electrons. The van der Waals surface area contributed by atoms with Gasteiger partial charge < -0.3 is 4.74 Å². The van der Waals surface area contributed by atoms with E-state index in [-0.39, 0.29) is 18.1 Å². The zero-order chi connectivity index (χ0) is 18.1. The third kappa shape index (κ3) is 6.27. The number of hydrogen-bond acceptors (Lipinski definition) is 7. The number of nitrogens with one attached hydrogen (secondary N) is 1. The molecule has 0 bridgehead atoms. The molecule has 0 heterocycles. The highest BCUT2D eigenvalue weighted by Crippen LogP contribution is 2.19. The SMILES string of the molecule is COC(=O)C/C(CSc1ccccc1)=N\Nc1ccc([N+](=O)[O-])cc1. The Morgan fingerprint density at radius 2 is 1.88 bits per heavy atom. The van der Waals surface area contributed by atoms with Gasteiger partial charge in [0.15, 0.2) is 0 Å². The first kappa shape index (κ1) is 18.5. The molecule has 2 rings (SSSR count). The van der Waals surface area contributed by atoms with E-state index in [0.29, 0.717) is 17.2 Å². The summed E-state index contributed by atoms with van der Waals surface area (Å²) in [6.45, 7) is 0. The summed E-state index contributed by atoms with van der Waals surface area (Å²) in [5, 5.41) is 14.9. The van der Waals surface area contributed by atoms with Crippen molar-refractivity contribution in [1.82, 2.24) is 0 Å². The third-order valence-corrected chi connectivity index (χ3v) is 4.23. The smallest absolute Gasteiger partial charge is 0.311 e. The minimum atomic E-state index is -0.466. The number of carbonyl (C=O) groups excluding carboxylic acids is 1. The molecule has 0 amide bonds. The molecule has 2 aromatic carbocycles. The molecule has 8 heteroatoms. The largest absolute Gasteiger partial charge is 0.469 e. The van der Waals surface area contributed by atoms with Crippen LogP contribution in [-0.2, 0) is 9.53 Å². The normalized spacial score (nSPS) is 11.0. The summed E-state index contributed by atoms with van der Waals surface area (Å²) in [5.74, 6) is 0.136. The standard InChI is InChI=1S/C17H17N3O4S/c1-24-17(21)11-14(12-25-16-5-3-2-4-6-16)19-18-13-7-9-15(10-8-13)20(22)23/h2-10,18H,11-12H2,1H3/b19-14+. The number of nitro benzene ring substituents is 1. The topological polar surface area (TPSA) is 93.8 Å². The van der Waals surface area contributed by atoms with Gasteiger partial charge in [0.25, 0.3) is 5.69 Å². The van der Waals surface area contributed by atoms with E-state index in [1.54, 1.807) is 23.9 Å². The summed E-state index contributed by atoms with van der Waals surface area (Å²) >= 11 is 1.55. The van der Waals surface area contributed by atoms with E-state index in [0.717, 1.165) is 4.90 Å². The Morgan fingerprint density at radius 1 is 1.20 bits per heavy atom. The first-order chi connectivity index (χ1) is 12.1. The van der Waals surface area contributed by atoms with E-state index in [1.807, 2.05) is 30.3 Å². The van der Waals surface area contributed by atoms with Gasteiger partial charge in [-0.15, -0.1) is 11.8 Å². The van der Waals surface area contributed by atoms with Crippen LogP contribution in [0.2, 0.25) is 0 Å². The molecule has 0 aromatic heterocycles. The summed E-state index contributed by atoms with van der Waals surface area (Å²) < 4.78 is 4.70. The van der Waals surface area contributed by atoms with Crippen LogP contribution in [0.3, 0.4) is 0 Å². The summed E-state index contributed by atoms with van der Waals surface area (Å²) in [7, 11) is 1.33. The highest BCUT2D eigenvalue weighted by Gasteiger charge is 2.09. The number of thioether (sulfide) groups is 1. The monoisotopic (exact) mass is 359 g/mol. The molecule has 25 heavy (non-hydrogen) atoms. The van der Waals surface area contributed by atoms with Crippen molar-refractivity contribution in [3.05, 3.63) is 64.7 Å². The first-order valence-electron chi connectivity index (χ1n) is 7.39. The molecule has 0 aliphatic heterocycles. The predicted octanol–water partition coefficient (Wildman–Crippen LogP) is 3.72. The minimum Gasteiger partial charge on any atom is -0.469 e. The Kier molecular flexibility index (Phi) is 6.97. The van der Waals surface area contributed by atoms with Gasteiger partial charge in [0.05, 0.1) is 29.9 Å². The zero-order valence-electron chi connectivity index (χ0n) is 13.5. The van der Waals surface area contributed by atoms with Gasteiger partial charge in [-0.2, -0.15) is 5.10 Å². The van der Waals surface area contributed by atoms with E-state index in [2.05, 4.69) is 10.5 Å². The maximum absolute atomic E-state index is 11.5. The molecule has 0 saturated carbocycles. The Bertz CT molecular complexity index is 748. The second-order valence-electron chi connectivity index (χ2n) is 4.95. The number of rotatable bonds is 8. The summed E-state index contributed by atoms with van der Waals surface area (Å²) in [4.78, 5) is 22.8. The van der Waals surface area contributed by atoms with E-state index in [4.69, 9.17) is 4.74 Å². The van der Waals surface area contributed by atoms with E-state index >= 15 is 0 Å². The van der Waals surface area contributed by atoms with Crippen molar-refractivity contribution in [3.8, 4) is 0 Å². The molecule has 0 atom stereocenters. The van der Waals surface area contributed by atoms with E-state index in [9.17, 15) is 14.9 Å². The average molecular weight is 359 g/mol. The number of hydrogen-bond donors (Lipinski definition) is 1. The van der Waals surface area contributed by atoms with Crippen LogP contribution in [0.5, 0.6) is 0 Å². The molecule has 2 aromatic rings. The summed E-state index contributed by atoms with van der Waals surface area (Å²) in [6.07, 6.45) is 0.0658. The third-order valence-electron chi connectivity index (χ3n) is 3.15. The van der Waals surface area contributed by atoms with Crippen LogP contribution in [0.1, 0.15) is 6.42 Å². The van der Waals surface area contributed by atoms with Crippen molar-refractivity contribution in [2.45, 2.75) is 11.3 Å². The molecule has 7 nitrogen and oxygen atoms in total. The number of nitrogens with zero attached hydrogens (tertiary/aromatic N) is 2. The quantitative estimate of drug-likeness (QED) is 0.254. The van der Waals surface area contributed by atoms with Crippen LogP contribution in [0, 0.1) is 10.1 Å². The zero-order valence-corrected chi connectivity index (χ0v) is 14.4. The van der Waals surface area contributed by atoms with Crippen molar-refractivity contribution >= 4 is 34.8 Å². The minimum absolute atomic E-state index is 0.00365. The number of nitro groups is 1. The molecular formula is C17H17N3O4S. The predicted molar refractivity (Wildman–Crippen MR) is 98.0 cm³/mol. The fourth-order valence-electron chi connectivity index (χ4n) is 1.85. The Morgan fingerprint density at radius 3 is 2.48 bits per heavy atom. The van der Waals surface area contributed by atoms with Crippen molar-refractivity contribution in [3.63, 3.8) is 0 Å². The van der Waals surface area contributed by atoms with Crippen LogP contribution < -0.4 is 5.43 Å². The molecule has 0 saturated heterocycles. The van der Waals surface area contributed by atoms with Gasteiger partial charge in [-0.3, -0.25) is 20.3 Å². The van der Waals surface area contributed by atoms with Gasteiger partial charge in [-0.05, 0) is 24.3 Å². The Hall–Kier alpha value is -2.87. The van der Waals surface area contributed by atoms with E-state index < -0.39 is 4.92 Å². The molecular weight excluding hydrogens is 342 g/mol. The highest BCUT2D eigenvalue weighted by atomic mass is 32.2. The highest BCUT2D eigenvalue weighted by molar-refractivity contribution is 8.00. The van der Waals surface area contributed by atoms with E-state index in [1.165, 1.54) is 19.2 Å². The van der Waals surface area contributed by atoms with Crippen molar-refractivity contribution in [2.75, 3.05) is 18.3 Å².